The van der Waals surface area contributed by atoms with Crippen LogP contribution in [0.25, 0.3) is 0 Å². The molecular weight excluding hydrogens is 323 g/mol. The Labute approximate surface area is 134 Å². The second kappa shape index (κ2) is 7.08. The van der Waals surface area contributed by atoms with Gasteiger partial charge in [-0.25, -0.2) is 12.8 Å². The molecule has 0 saturated carbocycles. The summed E-state index contributed by atoms with van der Waals surface area (Å²) < 4.78 is 37.1. The Morgan fingerprint density at radius 1 is 1.22 bits per heavy atom. The zero-order valence-electron chi connectivity index (χ0n) is 12.8. The summed E-state index contributed by atoms with van der Waals surface area (Å²) in [5.74, 6) is -1.72. The van der Waals surface area contributed by atoms with Gasteiger partial charge in [0.15, 0.2) is 9.84 Å². The van der Waals surface area contributed by atoms with Gasteiger partial charge in [-0.2, -0.15) is 0 Å². The molecule has 1 aliphatic rings. The fourth-order valence-electron chi connectivity index (χ4n) is 2.57. The smallest absolute Gasteiger partial charge is 0.253 e. The Morgan fingerprint density at radius 3 is 2.30 bits per heavy atom. The summed E-state index contributed by atoms with van der Waals surface area (Å²) in [6, 6.07) is 5.25. The number of carbonyl (C=O) groups excluding carboxylic acids is 2. The molecule has 1 aliphatic heterocycles. The number of carbonyl (C=O) groups is 2. The van der Waals surface area contributed by atoms with Gasteiger partial charge in [0.1, 0.15) is 11.6 Å². The lowest BCUT2D eigenvalue weighted by molar-refractivity contribution is -0.118. The van der Waals surface area contributed by atoms with Crippen molar-refractivity contribution in [2.45, 2.75) is 18.1 Å². The van der Waals surface area contributed by atoms with Gasteiger partial charge in [0.2, 0.25) is 5.91 Å². The monoisotopic (exact) mass is 342 g/mol. The second-order valence-electron chi connectivity index (χ2n) is 5.48. The standard InChI is InChI=1S/C15H19FN2O4S/c1-17-14(19)10-23(21,22)13-6-8-18(9-7-13)15(20)11-2-4-12(16)5-3-11/h2-5,13H,6-10H2,1H3,(H,17,19). The van der Waals surface area contributed by atoms with Crippen LogP contribution in [-0.2, 0) is 14.6 Å². The van der Waals surface area contributed by atoms with E-state index in [9.17, 15) is 22.4 Å². The first-order valence-electron chi connectivity index (χ1n) is 7.30. The van der Waals surface area contributed by atoms with Gasteiger partial charge in [0.25, 0.3) is 5.91 Å². The maximum atomic E-state index is 12.9. The van der Waals surface area contributed by atoms with E-state index < -0.39 is 32.6 Å². The van der Waals surface area contributed by atoms with E-state index in [0.29, 0.717) is 31.5 Å². The van der Waals surface area contributed by atoms with E-state index >= 15 is 0 Å². The lowest BCUT2D eigenvalue weighted by atomic mass is 10.1. The third-order valence-electron chi connectivity index (χ3n) is 3.94. The van der Waals surface area contributed by atoms with Gasteiger partial charge in [-0.3, -0.25) is 9.59 Å². The summed E-state index contributed by atoms with van der Waals surface area (Å²) >= 11 is 0. The maximum Gasteiger partial charge on any atom is 0.253 e. The number of rotatable bonds is 4. The number of nitrogens with one attached hydrogen (secondary N) is 1. The normalized spacial score (nSPS) is 16.2. The number of sulfone groups is 1. The van der Waals surface area contributed by atoms with Gasteiger partial charge in [-0.1, -0.05) is 0 Å². The number of amides is 2. The molecule has 1 fully saturated rings. The summed E-state index contributed by atoms with van der Waals surface area (Å²) in [5.41, 5.74) is 0.373. The number of hydrogen-bond acceptors (Lipinski definition) is 4. The van der Waals surface area contributed by atoms with E-state index in [-0.39, 0.29) is 5.91 Å². The predicted molar refractivity (Wildman–Crippen MR) is 83.2 cm³/mol. The van der Waals surface area contributed by atoms with E-state index in [1.54, 1.807) is 4.90 Å². The molecule has 0 aromatic heterocycles. The summed E-state index contributed by atoms with van der Waals surface area (Å²) in [5, 5.41) is 1.69. The molecule has 1 N–H and O–H groups in total. The minimum atomic E-state index is -3.51. The highest BCUT2D eigenvalue weighted by molar-refractivity contribution is 7.92. The SMILES string of the molecule is CNC(=O)CS(=O)(=O)C1CCN(C(=O)c2ccc(F)cc2)CC1. The lowest BCUT2D eigenvalue weighted by Crippen LogP contribution is -2.44. The molecule has 1 aromatic carbocycles. The number of nitrogens with zero attached hydrogens (tertiary/aromatic N) is 1. The van der Waals surface area contributed by atoms with E-state index in [4.69, 9.17) is 0 Å². The summed E-state index contributed by atoms with van der Waals surface area (Å²) in [6.45, 7) is 0.599. The average molecular weight is 342 g/mol. The number of hydrogen-bond donors (Lipinski definition) is 1. The van der Waals surface area contributed by atoms with E-state index in [1.807, 2.05) is 0 Å². The number of halogens is 1. The molecule has 6 nitrogen and oxygen atoms in total. The minimum Gasteiger partial charge on any atom is -0.358 e. The average Bonchev–Trinajstić information content (AvgIpc) is 2.54. The van der Waals surface area contributed by atoms with Gasteiger partial charge in [0, 0.05) is 25.7 Å². The molecule has 126 valence electrons. The van der Waals surface area contributed by atoms with Crippen molar-refractivity contribution in [2.24, 2.45) is 0 Å². The van der Waals surface area contributed by atoms with Crippen LogP contribution < -0.4 is 5.32 Å². The highest BCUT2D eigenvalue weighted by atomic mass is 32.2. The molecule has 0 aliphatic carbocycles. The molecule has 0 atom stereocenters. The van der Waals surface area contributed by atoms with Crippen LogP contribution in [0, 0.1) is 5.82 Å². The van der Waals surface area contributed by atoms with Crippen molar-refractivity contribution in [3.8, 4) is 0 Å². The predicted octanol–water partition coefficient (Wildman–Crippen LogP) is 0.591. The first-order valence-corrected chi connectivity index (χ1v) is 9.02. The van der Waals surface area contributed by atoms with Gasteiger partial charge < -0.3 is 10.2 Å². The van der Waals surface area contributed by atoms with Crippen LogP contribution in [-0.4, -0.2) is 56.3 Å². The number of benzene rings is 1. The molecule has 8 heteroatoms. The first-order chi connectivity index (χ1) is 10.8. The molecule has 1 heterocycles. The zero-order chi connectivity index (χ0) is 17.0. The summed E-state index contributed by atoms with van der Waals surface area (Å²) in [7, 11) is -2.12. The van der Waals surface area contributed by atoms with Crippen molar-refractivity contribution < 1.29 is 22.4 Å². The third kappa shape index (κ3) is 4.28. The van der Waals surface area contributed by atoms with Crippen LogP contribution in [0.2, 0.25) is 0 Å². The quantitative estimate of drug-likeness (QED) is 0.868. The van der Waals surface area contributed by atoms with E-state index in [1.165, 1.54) is 31.3 Å². The molecule has 0 bridgehead atoms. The van der Waals surface area contributed by atoms with Crippen LogP contribution in [0.1, 0.15) is 23.2 Å². The van der Waals surface area contributed by atoms with Crippen LogP contribution >= 0.6 is 0 Å². The highest BCUT2D eigenvalue weighted by Crippen LogP contribution is 2.20. The molecule has 2 amide bonds. The van der Waals surface area contributed by atoms with Gasteiger partial charge in [-0.05, 0) is 37.1 Å². The Bertz CT molecular complexity index is 680. The number of likely N-dealkylation sites (tertiary alicyclic amines) is 1. The van der Waals surface area contributed by atoms with E-state index in [0.717, 1.165) is 0 Å². The van der Waals surface area contributed by atoms with Gasteiger partial charge in [0.05, 0.1) is 5.25 Å². The molecule has 1 aromatic rings. The minimum absolute atomic E-state index is 0.243. The Kier molecular flexibility index (Phi) is 5.35. The largest absolute Gasteiger partial charge is 0.358 e. The molecule has 0 radical (unpaired) electrons. The van der Waals surface area contributed by atoms with Gasteiger partial charge in [-0.15, -0.1) is 0 Å². The fraction of sp³-hybridized carbons (Fsp3) is 0.467. The van der Waals surface area contributed by atoms with Crippen molar-refractivity contribution in [2.75, 3.05) is 25.9 Å². The Balaban J connectivity index is 1.97. The van der Waals surface area contributed by atoms with Crippen molar-refractivity contribution in [1.29, 1.82) is 0 Å². The van der Waals surface area contributed by atoms with Crippen molar-refractivity contribution in [1.82, 2.24) is 10.2 Å². The Morgan fingerprint density at radius 2 is 1.78 bits per heavy atom. The van der Waals surface area contributed by atoms with Crippen LogP contribution in [0.4, 0.5) is 4.39 Å². The van der Waals surface area contributed by atoms with Crippen molar-refractivity contribution in [3.05, 3.63) is 35.6 Å². The zero-order valence-corrected chi connectivity index (χ0v) is 13.6. The molecule has 0 unspecified atom stereocenters. The molecular formula is C15H19FN2O4S. The maximum absolute atomic E-state index is 12.9. The molecule has 23 heavy (non-hydrogen) atoms. The summed E-state index contributed by atoms with van der Waals surface area (Å²) in [6.07, 6.45) is 0.596. The lowest BCUT2D eigenvalue weighted by Gasteiger charge is -2.31. The third-order valence-corrected chi connectivity index (χ3v) is 6.09. The van der Waals surface area contributed by atoms with Crippen molar-refractivity contribution >= 4 is 21.7 Å². The fourth-order valence-corrected chi connectivity index (χ4v) is 4.24. The topological polar surface area (TPSA) is 83.6 Å². The van der Waals surface area contributed by atoms with Crippen LogP contribution in [0.15, 0.2) is 24.3 Å². The van der Waals surface area contributed by atoms with E-state index in [2.05, 4.69) is 5.32 Å². The van der Waals surface area contributed by atoms with Crippen LogP contribution in [0.3, 0.4) is 0 Å². The second-order valence-corrected chi connectivity index (χ2v) is 7.76. The molecule has 2 rings (SSSR count). The number of piperidine rings is 1. The first kappa shape index (κ1) is 17.4. The molecule has 1 saturated heterocycles. The summed E-state index contributed by atoms with van der Waals surface area (Å²) in [4.78, 5) is 25.1. The van der Waals surface area contributed by atoms with Gasteiger partial charge >= 0.3 is 0 Å². The van der Waals surface area contributed by atoms with Crippen LogP contribution in [0.5, 0.6) is 0 Å². The Hall–Kier alpha value is -1.96. The van der Waals surface area contributed by atoms with Crippen molar-refractivity contribution in [3.63, 3.8) is 0 Å². The highest BCUT2D eigenvalue weighted by Gasteiger charge is 2.33. The molecule has 0 spiro atoms.